The maximum Gasteiger partial charge on any atom is 0.0550 e. The maximum absolute atomic E-state index is 4.22. The highest BCUT2D eigenvalue weighted by Gasteiger charge is 2.18. The number of piperidine rings is 1. The van der Waals surface area contributed by atoms with Crippen LogP contribution < -0.4 is 10.6 Å². The molecule has 0 spiro atoms. The third-order valence-corrected chi connectivity index (χ3v) is 3.35. The van der Waals surface area contributed by atoms with Crippen LogP contribution in [-0.2, 0) is 0 Å². The number of hydrogen-bond acceptors (Lipinski definition) is 4. The fourth-order valence-electron chi connectivity index (χ4n) is 2.35. The summed E-state index contributed by atoms with van der Waals surface area (Å²) in [6.07, 6.45) is 6.26. The van der Waals surface area contributed by atoms with E-state index in [4.69, 9.17) is 0 Å². The molecule has 1 fully saturated rings. The molecule has 2 heterocycles. The molecule has 1 aromatic rings. The first kappa shape index (κ1) is 12.2. The predicted molar refractivity (Wildman–Crippen MR) is 72.5 cm³/mol. The summed E-state index contributed by atoms with van der Waals surface area (Å²) in [6.45, 7) is 5.75. The fourth-order valence-corrected chi connectivity index (χ4v) is 2.35. The molecule has 0 radical (unpaired) electrons. The van der Waals surface area contributed by atoms with Crippen molar-refractivity contribution >= 4 is 11.4 Å². The van der Waals surface area contributed by atoms with Gasteiger partial charge in [-0.15, -0.1) is 0 Å². The minimum absolute atomic E-state index is 0.553. The molecule has 94 valence electrons. The lowest BCUT2D eigenvalue weighted by atomic mass is 10.1. The first-order chi connectivity index (χ1) is 8.31. The molecule has 1 aromatic heterocycles. The van der Waals surface area contributed by atoms with E-state index in [1.165, 1.54) is 19.4 Å². The molecule has 1 aliphatic rings. The van der Waals surface area contributed by atoms with Crippen LogP contribution in [0.5, 0.6) is 0 Å². The van der Waals surface area contributed by atoms with Crippen molar-refractivity contribution in [2.24, 2.45) is 0 Å². The highest BCUT2D eigenvalue weighted by Crippen LogP contribution is 2.17. The third kappa shape index (κ3) is 3.33. The number of nitrogens with zero attached hydrogens (tertiary/aromatic N) is 2. The summed E-state index contributed by atoms with van der Waals surface area (Å²) in [5.74, 6) is 0. The van der Waals surface area contributed by atoms with Crippen molar-refractivity contribution in [3.63, 3.8) is 0 Å². The smallest absolute Gasteiger partial charge is 0.0550 e. The summed E-state index contributed by atoms with van der Waals surface area (Å²) in [5, 5.41) is 6.69. The molecule has 4 heteroatoms. The molecule has 4 nitrogen and oxygen atoms in total. The highest BCUT2D eigenvalue weighted by atomic mass is 15.2. The monoisotopic (exact) mass is 234 g/mol. The second kappa shape index (κ2) is 5.87. The molecule has 0 amide bonds. The Bertz CT molecular complexity index is 353. The van der Waals surface area contributed by atoms with E-state index in [1.54, 1.807) is 0 Å². The van der Waals surface area contributed by atoms with Crippen molar-refractivity contribution in [3.05, 3.63) is 18.5 Å². The number of nitrogens with one attached hydrogen (secondary N) is 2. The van der Waals surface area contributed by atoms with Gasteiger partial charge in [0.1, 0.15) is 0 Å². The molecule has 1 unspecified atom stereocenters. The first-order valence-electron chi connectivity index (χ1n) is 6.43. The minimum atomic E-state index is 0.553. The Kier molecular flexibility index (Phi) is 4.20. The molecular weight excluding hydrogens is 212 g/mol. The van der Waals surface area contributed by atoms with Gasteiger partial charge in [0.2, 0.25) is 0 Å². The number of anilines is 2. The number of aromatic nitrogens is 1. The van der Waals surface area contributed by atoms with Gasteiger partial charge in [0.15, 0.2) is 0 Å². The lowest BCUT2D eigenvalue weighted by molar-refractivity contribution is 0.227. The summed E-state index contributed by atoms with van der Waals surface area (Å²) in [7, 11) is 1.92. The Balaban J connectivity index is 1.95. The van der Waals surface area contributed by atoms with Gasteiger partial charge in [0.25, 0.3) is 0 Å². The Labute approximate surface area is 103 Å². The lowest BCUT2D eigenvalue weighted by Crippen LogP contribution is -2.41. The molecular formula is C13H22N4. The van der Waals surface area contributed by atoms with Gasteiger partial charge < -0.3 is 15.5 Å². The van der Waals surface area contributed by atoms with E-state index < -0.39 is 0 Å². The summed E-state index contributed by atoms with van der Waals surface area (Å²) in [5.41, 5.74) is 2.16. The van der Waals surface area contributed by atoms with Gasteiger partial charge in [-0.2, -0.15) is 0 Å². The van der Waals surface area contributed by atoms with Gasteiger partial charge in [-0.1, -0.05) is 6.92 Å². The molecule has 0 aromatic carbocycles. The van der Waals surface area contributed by atoms with Crippen LogP contribution in [0, 0.1) is 0 Å². The van der Waals surface area contributed by atoms with Gasteiger partial charge in [-0.25, -0.2) is 0 Å². The molecule has 2 rings (SSSR count). The molecule has 0 aliphatic carbocycles. The summed E-state index contributed by atoms with van der Waals surface area (Å²) in [6, 6.07) is 2.66. The topological polar surface area (TPSA) is 40.2 Å². The molecule has 0 bridgehead atoms. The van der Waals surface area contributed by atoms with Crippen LogP contribution >= 0.6 is 0 Å². The van der Waals surface area contributed by atoms with Gasteiger partial charge in [-0.05, 0) is 32.0 Å². The summed E-state index contributed by atoms with van der Waals surface area (Å²) in [4.78, 5) is 6.72. The van der Waals surface area contributed by atoms with Crippen molar-refractivity contribution in [1.82, 2.24) is 9.88 Å². The van der Waals surface area contributed by atoms with Crippen LogP contribution in [0.1, 0.15) is 19.8 Å². The normalized spacial score (nSPS) is 21.2. The summed E-state index contributed by atoms with van der Waals surface area (Å²) < 4.78 is 0. The maximum atomic E-state index is 4.22. The fraction of sp³-hybridized carbons (Fsp3) is 0.615. The Hall–Kier alpha value is -1.29. The number of hydrogen-bond donors (Lipinski definition) is 2. The van der Waals surface area contributed by atoms with E-state index >= 15 is 0 Å². The van der Waals surface area contributed by atoms with E-state index in [0.29, 0.717) is 6.04 Å². The number of rotatable bonds is 4. The number of likely N-dealkylation sites (N-methyl/N-ethyl adjacent to an activating group) is 1. The molecule has 17 heavy (non-hydrogen) atoms. The van der Waals surface area contributed by atoms with Gasteiger partial charge >= 0.3 is 0 Å². The van der Waals surface area contributed by atoms with E-state index in [9.17, 15) is 0 Å². The average molecular weight is 234 g/mol. The zero-order chi connectivity index (χ0) is 12.1. The zero-order valence-corrected chi connectivity index (χ0v) is 10.7. The molecule has 2 N–H and O–H groups in total. The van der Waals surface area contributed by atoms with Crippen molar-refractivity contribution in [1.29, 1.82) is 0 Å². The Morgan fingerprint density at radius 1 is 1.41 bits per heavy atom. The van der Waals surface area contributed by atoms with E-state index in [0.717, 1.165) is 24.5 Å². The van der Waals surface area contributed by atoms with Crippen LogP contribution in [0.15, 0.2) is 18.5 Å². The molecule has 0 saturated carbocycles. The molecule has 1 aliphatic heterocycles. The zero-order valence-electron chi connectivity index (χ0n) is 10.7. The number of likely N-dealkylation sites (tertiary alicyclic amines) is 1. The van der Waals surface area contributed by atoms with Crippen LogP contribution in [-0.4, -0.2) is 42.6 Å². The second-order valence-corrected chi connectivity index (χ2v) is 4.59. The van der Waals surface area contributed by atoms with Gasteiger partial charge in [-0.3, -0.25) is 4.98 Å². The van der Waals surface area contributed by atoms with E-state index in [2.05, 4.69) is 33.5 Å². The second-order valence-electron chi connectivity index (χ2n) is 4.59. The van der Waals surface area contributed by atoms with Crippen molar-refractivity contribution < 1.29 is 0 Å². The Morgan fingerprint density at radius 3 is 3.00 bits per heavy atom. The molecule has 1 saturated heterocycles. The van der Waals surface area contributed by atoms with E-state index in [-0.39, 0.29) is 0 Å². The molecule has 1 atom stereocenters. The van der Waals surface area contributed by atoms with Crippen molar-refractivity contribution in [2.45, 2.75) is 25.8 Å². The van der Waals surface area contributed by atoms with Crippen molar-refractivity contribution in [2.75, 3.05) is 37.3 Å². The van der Waals surface area contributed by atoms with Crippen LogP contribution in [0.2, 0.25) is 0 Å². The van der Waals surface area contributed by atoms with Crippen LogP contribution in [0.3, 0.4) is 0 Å². The highest BCUT2D eigenvalue weighted by molar-refractivity contribution is 5.54. The third-order valence-electron chi connectivity index (χ3n) is 3.35. The standard InChI is InChI=1S/C13H22N4/c1-3-17-6-4-5-11(10-17)16-13-7-12(14-2)8-15-9-13/h7-9,11,14,16H,3-6,10H2,1-2H3. The quantitative estimate of drug-likeness (QED) is 0.836. The largest absolute Gasteiger partial charge is 0.387 e. The van der Waals surface area contributed by atoms with Crippen LogP contribution in [0.25, 0.3) is 0 Å². The Morgan fingerprint density at radius 2 is 2.24 bits per heavy atom. The van der Waals surface area contributed by atoms with Gasteiger partial charge in [0, 0.05) is 19.6 Å². The lowest BCUT2D eigenvalue weighted by Gasteiger charge is -2.32. The van der Waals surface area contributed by atoms with Crippen molar-refractivity contribution in [3.8, 4) is 0 Å². The SMILES string of the molecule is CCN1CCCC(Nc2cncc(NC)c2)C1. The van der Waals surface area contributed by atoms with E-state index in [1.807, 2.05) is 19.4 Å². The predicted octanol–water partition coefficient (Wildman–Crippen LogP) is 2.02. The van der Waals surface area contributed by atoms with Gasteiger partial charge in [0.05, 0.1) is 23.8 Å². The first-order valence-corrected chi connectivity index (χ1v) is 6.43. The summed E-state index contributed by atoms with van der Waals surface area (Å²) >= 11 is 0. The average Bonchev–Trinajstić information content (AvgIpc) is 2.39. The van der Waals surface area contributed by atoms with Crippen LogP contribution in [0.4, 0.5) is 11.4 Å². The number of pyridine rings is 1. The minimum Gasteiger partial charge on any atom is -0.387 e.